The standard InChI is InChI=1S/C17H10NO3S/c1-10(19)21-12-5-2-4-11(8-12)13-9-22-17-15(13)18-7-3-6-14(18)16(17)20/h2-4,6-9H,1H3. The van der Waals surface area contributed by atoms with Gasteiger partial charge in [0.2, 0.25) is 5.78 Å². The summed E-state index contributed by atoms with van der Waals surface area (Å²) in [6, 6.07) is 11.9. The van der Waals surface area contributed by atoms with E-state index in [1.165, 1.54) is 18.3 Å². The van der Waals surface area contributed by atoms with E-state index in [0.29, 0.717) is 11.4 Å². The minimum Gasteiger partial charge on any atom is -0.426 e. The number of thiophene rings is 1. The molecule has 0 unspecified atom stereocenters. The van der Waals surface area contributed by atoms with Gasteiger partial charge in [0, 0.05) is 30.1 Å². The average molecular weight is 308 g/mol. The molecule has 1 aliphatic heterocycles. The van der Waals surface area contributed by atoms with Gasteiger partial charge in [-0.15, -0.1) is 11.3 Å². The van der Waals surface area contributed by atoms with Gasteiger partial charge in [-0.25, -0.2) is 0 Å². The second-order valence-corrected chi connectivity index (χ2v) is 5.83. The first-order chi connectivity index (χ1) is 10.6. The summed E-state index contributed by atoms with van der Waals surface area (Å²) in [7, 11) is 0. The fraction of sp³-hybridized carbons (Fsp3) is 0.0588. The van der Waals surface area contributed by atoms with Crippen LogP contribution in [-0.2, 0) is 4.79 Å². The van der Waals surface area contributed by atoms with Gasteiger partial charge >= 0.3 is 5.97 Å². The van der Waals surface area contributed by atoms with E-state index in [4.69, 9.17) is 4.74 Å². The van der Waals surface area contributed by atoms with Crippen LogP contribution in [0.3, 0.4) is 0 Å². The van der Waals surface area contributed by atoms with E-state index in [1.54, 1.807) is 12.1 Å². The zero-order valence-electron chi connectivity index (χ0n) is 11.6. The van der Waals surface area contributed by atoms with Gasteiger partial charge in [-0.1, -0.05) is 6.07 Å². The number of carbonyl (C=O) groups excluding carboxylic acids is 2. The molecule has 0 fully saturated rings. The lowest BCUT2D eigenvalue weighted by Crippen LogP contribution is -2.01. The van der Waals surface area contributed by atoms with E-state index < -0.39 is 0 Å². The zero-order chi connectivity index (χ0) is 15.3. The Morgan fingerprint density at radius 3 is 3.05 bits per heavy atom. The fourth-order valence-corrected chi connectivity index (χ4v) is 3.67. The number of hydrogen-bond donors (Lipinski definition) is 0. The molecule has 22 heavy (non-hydrogen) atoms. The van der Waals surface area contributed by atoms with Crippen molar-refractivity contribution in [1.82, 2.24) is 4.57 Å². The Morgan fingerprint density at radius 2 is 2.23 bits per heavy atom. The van der Waals surface area contributed by atoms with Crippen LogP contribution in [0.4, 0.5) is 0 Å². The SMILES string of the molecule is CC(=O)Oc1[c]ccc(-c2csc3c2-n2cccc2C3=O)c1. The summed E-state index contributed by atoms with van der Waals surface area (Å²) in [5.41, 5.74) is 3.42. The van der Waals surface area contributed by atoms with Crippen LogP contribution in [0.1, 0.15) is 22.3 Å². The Bertz CT molecular complexity index is 920. The van der Waals surface area contributed by atoms with Gasteiger partial charge in [-0.3, -0.25) is 9.59 Å². The Labute approximate surface area is 130 Å². The van der Waals surface area contributed by atoms with Crippen molar-refractivity contribution in [1.29, 1.82) is 0 Å². The Morgan fingerprint density at radius 1 is 1.36 bits per heavy atom. The van der Waals surface area contributed by atoms with Crippen molar-refractivity contribution in [3.63, 3.8) is 0 Å². The maximum Gasteiger partial charge on any atom is 0.308 e. The summed E-state index contributed by atoms with van der Waals surface area (Å²) >= 11 is 1.43. The minimum atomic E-state index is -0.383. The molecule has 1 radical (unpaired) electrons. The lowest BCUT2D eigenvalue weighted by Gasteiger charge is -2.06. The molecule has 0 N–H and O–H groups in total. The van der Waals surface area contributed by atoms with Crippen LogP contribution in [0, 0.1) is 6.07 Å². The molecule has 1 aliphatic rings. The van der Waals surface area contributed by atoms with E-state index in [-0.39, 0.29) is 11.8 Å². The van der Waals surface area contributed by atoms with Crippen molar-refractivity contribution in [2.75, 3.05) is 0 Å². The van der Waals surface area contributed by atoms with Crippen LogP contribution in [0.15, 0.2) is 41.9 Å². The zero-order valence-corrected chi connectivity index (χ0v) is 12.4. The van der Waals surface area contributed by atoms with E-state index in [1.807, 2.05) is 34.3 Å². The number of hydrogen-bond acceptors (Lipinski definition) is 4. The highest BCUT2D eigenvalue weighted by molar-refractivity contribution is 7.13. The van der Waals surface area contributed by atoms with Crippen molar-refractivity contribution in [2.24, 2.45) is 0 Å². The number of esters is 1. The number of nitrogens with zero attached hydrogens (tertiary/aromatic N) is 1. The molecule has 0 aliphatic carbocycles. The summed E-state index contributed by atoms with van der Waals surface area (Å²) in [6.45, 7) is 1.35. The van der Waals surface area contributed by atoms with Gasteiger partial charge < -0.3 is 9.30 Å². The van der Waals surface area contributed by atoms with E-state index >= 15 is 0 Å². The lowest BCUT2D eigenvalue weighted by atomic mass is 10.1. The first kappa shape index (κ1) is 13.0. The molecule has 1 aromatic carbocycles. The Kier molecular flexibility index (Phi) is 2.77. The summed E-state index contributed by atoms with van der Waals surface area (Å²) in [5, 5.41) is 1.96. The predicted molar refractivity (Wildman–Crippen MR) is 82.7 cm³/mol. The molecule has 0 saturated carbocycles. The molecule has 3 aromatic rings. The lowest BCUT2D eigenvalue weighted by molar-refractivity contribution is -0.131. The van der Waals surface area contributed by atoms with Crippen LogP contribution in [0.25, 0.3) is 16.8 Å². The number of ether oxygens (including phenoxy) is 1. The van der Waals surface area contributed by atoms with Gasteiger partial charge in [-0.2, -0.15) is 0 Å². The van der Waals surface area contributed by atoms with Gasteiger partial charge in [0.1, 0.15) is 10.6 Å². The highest BCUT2D eigenvalue weighted by Crippen LogP contribution is 2.41. The molecule has 0 amide bonds. The van der Waals surface area contributed by atoms with Crippen LogP contribution in [0.2, 0.25) is 0 Å². The van der Waals surface area contributed by atoms with Crippen LogP contribution in [-0.4, -0.2) is 16.3 Å². The number of aromatic nitrogens is 1. The fourth-order valence-electron chi connectivity index (χ4n) is 2.66. The first-order valence-corrected chi connectivity index (χ1v) is 7.57. The second kappa shape index (κ2) is 4.68. The van der Waals surface area contributed by atoms with E-state index in [9.17, 15) is 9.59 Å². The number of ketones is 1. The Hall–Kier alpha value is -2.66. The molecule has 4 nitrogen and oxygen atoms in total. The smallest absolute Gasteiger partial charge is 0.308 e. The van der Waals surface area contributed by atoms with Crippen molar-refractivity contribution < 1.29 is 14.3 Å². The molecule has 0 bridgehead atoms. The largest absolute Gasteiger partial charge is 0.426 e. The molecule has 2 aromatic heterocycles. The summed E-state index contributed by atoms with van der Waals surface area (Å²) in [4.78, 5) is 24.1. The third-order valence-electron chi connectivity index (χ3n) is 3.53. The molecule has 0 saturated heterocycles. The second-order valence-electron chi connectivity index (χ2n) is 4.95. The van der Waals surface area contributed by atoms with Crippen LogP contribution >= 0.6 is 11.3 Å². The maximum absolute atomic E-state index is 12.3. The third-order valence-corrected chi connectivity index (χ3v) is 4.50. The molecule has 0 spiro atoms. The Balaban J connectivity index is 1.86. The molecule has 0 atom stereocenters. The van der Waals surface area contributed by atoms with Crippen molar-refractivity contribution in [2.45, 2.75) is 6.92 Å². The first-order valence-electron chi connectivity index (χ1n) is 6.69. The monoisotopic (exact) mass is 308 g/mol. The normalized spacial score (nSPS) is 12.1. The molecule has 4 rings (SSSR count). The van der Waals surface area contributed by atoms with E-state index in [0.717, 1.165) is 21.7 Å². The molecular formula is C17H10NO3S. The number of benzene rings is 1. The summed E-state index contributed by atoms with van der Waals surface area (Å²) < 4.78 is 6.99. The number of carbonyl (C=O) groups is 2. The third kappa shape index (κ3) is 1.83. The summed E-state index contributed by atoms with van der Waals surface area (Å²) in [6.07, 6.45) is 1.89. The van der Waals surface area contributed by atoms with Gasteiger partial charge in [-0.05, 0) is 29.8 Å². The van der Waals surface area contributed by atoms with Crippen LogP contribution in [0.5, 0.6) is 5.75 Å². The predicted octanol–water partition coefficient (Wildman–Crippen LogP) is 3.48. The molecule has 5 heteroatoms. The van der Waals surface area contributed by atoms with E-state index in [2.05, 4.69) is 6.07 Å². The average Bonchev–Trinajstić information content (AvgIpc) is 3.16. The highest BCUT2D eigenvalue weighted by atomic mass is 32.1. The van der Waals surface area contributed by atoms with Gasteiger partial charge in [0.25, 0.3) is 0 Å². The number of fused-ring (bicyclic) bond motifs is 3. The summed E-state index contributed by atoms with van der Waals surface area (Å²) in [5.74, 6) is 0.0489. The van der Waals surface area contributed by atoms with Crippen LogP contribution < -0.4 is 4.74 Å². The molecular weight excluding hydrogens is 298 g/mol. The number of rotatable bonds is 2. The minimum absolute atomic E-state index is 0.0546. The van der Waals surface area contributed by atoms with Crippen molar-refractivity contribution in [3.05, 3.63) is 58.5 Å². The van der Waals surface area contributed by atoms with Crippen molar-refractivity contribution in [3.8, 4) is 22.6 Å². The maximum atomic E-state index is 12.3. The highest BCUT2D eigenvalue weighted by Gasteiger charge is 2.30. The molecule has 107 valence electrons. The van der Waals surface area contributed by atoms with Gasteiger partial charge in [0.15, 0.2) is 0 Å². The quantitative estimate of drug-likeness (QED) is 0.421. The topological polar surface area (TPSA) is 48.3 Å². The van der Waals surface area contributed by atoms with Crippen molar-refractivity contribution >= 4 is 23.1 Å². The van der Waals surface area contributed by atoms with Gasteiger partial charge in [0.05, 0.1) is 11.4 Å². The molecule has 3 heterocycles.